The molecule has 10 heteroatoms. The number of urea groups is 1. The van der Waals surface area contributed by atoms with Crippen molar-refractivity contribution in [2.45, 2.75) is 23.9 Å². The predicted octanol–water partition coefficient (Wildman–Crippen LogP) is 3.06. The summed E-state index contributed by atoms with van der Waals surface area (Å²) in [6, 6.07) is 15.3. The van der Waals surface area contributed by atoms with E-state index < -0.39 is 17.2 Å². The second kappa shape index (κ2) is 9.06. The first kappa shape index (κ1) is 21.3. The first-order chi connectivity index (χ1) is 15.5. The zero-order chi connectivity index (χ0) is 22.7. The molecule has 2 aromatic carbocycles. The van der Waals surface area contributed by atoms with E-state index in [4.69, 9.17) is 0 Å². The number of thioether (sulfide) groups is 1. The molecule has 0 saturated heterocycles. The number of hydrogen-bond acceptors (Lipinski definition) is 6. The van der Waals surface area contributed by atoms with Crippen LogP contribution < -0.4 is 16.2 Å². The Labute approximate surface area is 187 Å². The largest absolute Gasteiger partial charge is 0.325 e. The summed E-state index contributed by atoms with van der Waals surface area (Å²) in [6.07, 6.45) is 1.61. The summed E-state index contributed by atoms with van der Waals surface area (Å²) in [6.45, 7) is 5.64. The molecule has 0 spiro atoms. The van der Waals surface area contributed by atoms with Crippen LogP contribution in [0.3, 0.4) is 0 Å². The lowest BCUT2D eigenvalue weighted by molar-refractivity contribution is -0.119. The van der Waals surface area contributed by atoms with Gasteiger partial charge in [-0.15, -0.1) is 16.8 Å². The van der Waals surface area contributed by atoms with Gasteiger partial charge in [-0.3, -0.25) is 23.9 Å². The van der Waals surface area contributed by atoms with Gasteiger partial charge in [0.15, 0.2) is 5.16 Å². The van der Waals surface area contributed by atoms with Gasteiger partial charge in [-0.25, -0.2) is 4.79 Å². The van der Waals surface area contributed by atoms with E-state index in [0.717, 1.165) is 11.8 Å². The number of nitrogens with zero attached hydrogens (tertiary/aromatic N) is 4. The molecular weight excluding hydrogens is 428 g/mol. The molecule has 0 radical (unpaired) electrons. The van der Waals surface area contributed by atoms with E-state index in [1.807, 2.05) is 12.1 Å². The number of hydrogen-bond donors (Lipinski definition) is 2. The molecule has 0 aliphatic carbocycles. The maximum Gasteiger partial charge on any atom is 0.325 e. The molecular formula is C22H20N6O3S. The Bertz CT molecular complexity index is 1380. The SMILES string of the molecule is C=CCn1c(=O)c2ccccc2n2c(SC(C)C(=O)NC(=O)Nc3ccccc3)nnc12. The van der Waals surface area contributed by atoms with Crippen LogP contribution in [0.5, 0.6) is 0 Å². The smallest absolute Gasteiger partial charge is 0.308 e. The van der Waals surface area contributed by atoms with Crippen molar-refractivity contribution >= 4 is 46.1 Å². The molecule has 1 atom stereocenters. The van der Waals surface area contributed by atoms with Crippen molar-refractivity contribution < 1.29 is 9.59 Å². The summed E-state index contributed by atoms with van der Waals surface area (Å²) in [5, 5.41) is 13.6. The average Bonchev–Trinajstić information content (AvgIpc) is 3.20. The van der Waals surface area contributed by atoms with Gasteiger partial charge in [0, 0.05) is 12.2 Å². The summed E-state index contributed by atoms with van der Waals surface area (Å²) in [4.78, 5) is 37.6. The molecule has 2 heterocycles. The number of anilines is 1. The molecule has 2 N–H and O–H groups in total. The third-order valence-electron chi connectivity index (χ3n) is 4.71. The van der Waals surface area contributed by atoms with Crippen molar-refractivity contribution in [3.63, 3.8) is 0 Å². The molecule has 4 rings (SSSR count). The maximum absolute atomic E-state index is 12.9. The zero-order valence-corrected chi connectivity index (χ0v) is 18.0. The number of nitrogens with one attached hydrogen (secondary N) is 2. The number of aromatic nitrogens is 4. The van der Waals surface area contributed by atoms with Crippen LogP contribution in [0.4, 0.5) is 10.5 Å². The van der Waals surface area contributed by atoms with E-state index in [-0.39, 0.29) is 12.1 Å². The molecule has 9 nitrogen and oxygen atoms in total. The van der Waals surface area contributed by atoms with E-state index in [1.54, 1.807) is 59.9 Å². The van der Waals surface area contributed by atoms with Gasteiger partial charge in [-0.05, 0) is 31.2 Å². The Morgan fingerprint density at radius 2 is 1.84 bits per heavy atom. The van der Waals surface area contributed by atoms with Crippen molar-refractivity contribution in [2.24, 2.45) is 0 Å². The summed E-state index contributed by atoms with van der Waals surface area (Å²) in [7, 11) is 0. The molecule has 2 aromatic heterocycles. The average molecular weight is 449 g/mol. The second-order valence-electron chi connectivity index (χ2n) is 6.91. The van der Waals surface area contributed by atoms with Crippen LogP contribution in [0, 0.1) is 0 Å². The lowest BCUT2D eigenvalue weighted by Crippen LogP contribution is -2.38. The van der Waals surface area contributed by atoms with E-state index in [0.29, 0.717) is 27.5 Å². The fourth-order valence-electron chi connectivity index (χ4n) is 3.21. The molecule has 0 bridgehead atoms. The van der Waals surface area contributed by atoms with Crippen LogP contribution in [-0.4, -0.2) is 36.4 Å². The number of para-hydroxylation sites is 2. The zero-order valence-electron chi connectivity index (χ0n) is 17.2. The number of carbonyl (C=O) groups is 2. The van der Waals surface area contributed by atoms with E-state index in [1.165, 1.54) is 4.57 Å². The molecule has 3 amide bonds. The molecule has 4 aromatic rings. The monoisotopic (exact) mass is 448 g/mol. The van der Waals surface area contributed by atoms with Crippen molar-refractivity contribution in [1.82, 2.24) is 24.5 Å². The minimum absolute atomic E-state index is 0.194. The number of amides is 3. The number of allylic oxidation sites excluding steroid dienone is 1. The Morgan fingerprint density at radius 3 is 2.59 bits per heavy atom. The quantitative estimate of drug-likeness (QED) is 0.347. The lowest BCUT2D eigenvalue weighted by atomic mass is 10.2. The van der Waals surface area contributed by atoms with Crippen LogP contribution in [0.1, 0.15) is 6.92 Å². The van der Waals surface area contributed by atoms with E-state index in [2.05, 4.69) is 27.4 Å². The molecule has 32 heavy (non-hydrogen) atoms. The first-order valence-corrected chi connectivity index (χ1v) is 10.7. The Morgan fingerprint density at radius 1 is 1.12 bits per heavy atom. The van der Waals surface area contributed by atoms with Gasteiger partial charge in [0.25, 0.3) is 5.56 Å². The predicted molar refractivity (Wildman–Crippen MR) is 124 cm³/mol. The highest BCUT2D eigenvalue weighted by molar-refractivity contribution is 8.00. The number of benzene rings is 2. The molecule has 0 saturated carbocycles. The van der Waals surface area contributed by atoms with Gasteiger partial charge in [0.05, 0.1) is 16.2 Å². The van der Waals surface area contributed by atoms with Crippen molar-refractivity contribution in [3.8, 4) is 0 Å². The van der Waals surface area contributed by atoms with Crippen LogP contribution in [0.2, 0.25) is 0 Å². The minimum atomic E-state index is -0.650. The van der Waals surface area contributed by atoms with Crippen LogP contribution in [0.15, 0.2) is 77.2 Å². The number of carbonyl (C=O) groups excluding carboxylic acids is 2. The maximum atomic E-state index is 12.9. The summed E-state index contributed by atoms with van der Waals surface area (Å²) in [5.41, 5.74) is 1.02. The summed E-state index contributed by atoms with van der Waals surface area (Å²) < 4.78 is 3.21. The summed E-state index contributed by atoms with van der Waals surface area (Å²) in [5.74, 6) is -0.130. The second-order valence-corrected chi connectivity index (χ2v) is 8.22. The van der Waals surface area contributed by atoms with Gasteiger partial charge in [0.1, 0.15) is 0 Å². The first-order valence-electron chi connectivity index (χ1n) is 9.80. The van der Waals surface area contributed by atoms with Crippen LogP contribution in [0.25, 0.3) is 16.7 Å². The van der Waals surface area contributed by atoms with Crippen molar-refractivity contribution in [2.75, 3.05) is 5.32 Å². The highest BCUT2D eigenvalue weighted by atomic mass is 32.2. The van der Waals surface area contributed by atoms with Gasteiger partial charge in [0.2, 0.25) is 11.7 Å². The third kappa shape index (κ3) is 4.12. The lowest BCUT2D eigenvalue weighted by Gasteiger charge is -2.12. The number of imide groups is 1. The minimum Gasteiger partial charge on any atom is -0.308 e. The molecule has 1 unspecified atom stereocenters. The normalized spacial score (nSPS) is 11.9. The molecule has 0 aliphatic heterocycles. The van der Waals surface area contributed by atoms with Gasteiger partial charge in [-0.1, -0.05) is 48.2 Å². The topological polar surface area (TPSA) is 110 Å². The highest BCUT2D eigenvalue weighted by Crippen LogP contribution is 2.25. The Kier molecular flexibility index (Phi) is 6.04. The highest BCUT2D eigenvalue weighted by Gasteiger charge is 2.22. The third-order valence-corrected chi connectivity index (χ3v) is 5.75. The Balaban J connectivity index is 1.60. The molecule has 0 aliphatic rings. The molecule has 162 valence electrons. The van der Waals surface area contributed by atoms with Gasteiger partial charge < -0.3 is 5.32 Å². The Hall–Kier alpha value is -3.92. The van der Waals surface area contributed by atoms with E-state index >= 15 is 0 Å². The van der Waals surface area contributed by atoms with E-state index in [9.17, 15) is 14.4 Å². The molecule has 0 fully saturated rings. The van der Waals surface area contributed by atoms with Crippen LogP contribution >= 0.6 is 11.8 Å². The number of fused-ring (bicyclic) bond motifs is 3. The van der Waals surface area contributed by atoms with Crippen LogP contribution in [-0.2, 0) is 11.3 Å². The summed E-state index contributed by atoms with van der Waals surface area (Å²) >= 11 is 1.14. The van der Waals surface area contributed by atoms with Gasteiger partial charge in [-0.2, -0.15) is 0 Å². The fraction of sp³-hybridized carbons (Fsp3) is 0.136. The van der Waals surface area contributed by atoms with Crippen molar-refractivity contribution in [1.29, 1.82) is 0 Å². The fourth-order valence-corrected chi connectivity index (χ4v) is 4.07. The van der Waals surface area contributed by atoms with Gasteiger partial charge >= 0.3 is 6.03 Å². The number of rotatable bonds is 6. The van der Waals surface area contributed by atoms with Crippen molar-refractivity contribution in [3.05, 3.63) is 77.6 Å². The standard InChI is InChI=1S/C22H20N6O3S/c1-3-13-27-19(30)16-11-7-8-12-17(16)28-21(27)25-26-22(28)32-14(2)18(29)24-20(31)23-15-9-5-4-6-10-15/h3-12,14H,1,13H2,2H3,(H2,23,24,29,31).